The minimum absolute atomic E-state index is 0.316. The zero-order chi connectivity index (χ0) is 9.94. The van der Waals surface area contributed by atoms with Crippen LogP contribution in [0, 0.1) is 0 Å². The number of hydrogen-bond acceptors (Lipinski definition) is 1. The van der Waals surface area contributed by atoms with Crippen LogP contribution in [0.2, 0.25) is 4.73 Å². The van der Waals surface area contributed by atoms with E-state index >= 15 is 0 Å². The summed E-state index contributed by atoms with van der Waals surface area (Å²) in [5.74, 6) is 0. The third-order valence-electron chi connectivity index (χ3n) is 1.74. The Labute approximate surface area is 94.3 Å². The Kier molecular flexibility index (Phi) is 10.5. The topological polar surface area (TPSA) is 9.23 Å². The number of unbranched alkanes of at least 4 members (excludes halogenated alkanes) is 4. The molecule has 0 saturated heterocycles. The van der Waals surface area contributed by atoms with Crippen LogP contribution in [-0.4, -0.2) is 6.10 Å². The SMILES string of the molecule is CC(C)OC=CCCCCC[CH2][Ti]. The van der Waals surface area contributed by atoms with Crippen LogP contribution >= 0.6 is 0 Å². The van der Waals surface area contributed by atoms with E-state index in [0.717, 1.165) is 6.42 Å². The summed E-state index contributed by atoms with van der Waals surface area (Å²) in [7, 11) is 0. The molecular formula is C11H21OTi. The van der Waals surface area contributed by atoms with Crippen molar-refractivity contribution in [2.45, 2.75) is 56.8 Å². The van der Waals surface area contributed by atoms with E-state index in [-0.39, 0.29) is 0 Å². The standard InChI is InChI=1S/C11H21O.Ti/c1-4-5-6-7-8-9-10-12-11(2)3;/h9-11H,1,4-8H2,2-3H3;. The summed E-state index contributed by atoms with van der Waals surface area (Å²) in [6, 6.07) is 0. The zero-order valence-corrected chi connectivity index (χ0v) is 10.4. The van der Waals surface area contributed by atoms with Crippen molar-refractivity contribution in [3.8, 4) is 0 Å². The normalized spacial score (nSPS) is 11.2. The Bertz CT molecular complexity index is 121. The molecule has 0 rings (SSSR count). The van der Waals surface area contributed by atoms with E-state index in [1.165, 1.54) is 30.4 Å². The summed E-state index contributed by atoms with van der Waals surface area (Å²) in [4.78, 5) is 0. The molecule has 0 aliphatic carbocycles. The summed E-state index contributed by atoms with van der Waals surface area (Å²) >= 11 is 2.25. The summed E-state index contributed by atoms with van der Waals surface area (Å²) in [5.41, 5.74) is 0. The Balaban J connectivity index is 3.02. The molecule has 0 aromatic heterocycles. The molecule has 0 aromatic carbocycles. The molecule has 0 aliphatic rings. The van der Waals surface area contributed by atoms with Crippen molar-refractivity contribution in [3.05, 3.63) is 12.3 Å². The van der Waals surface area contributed by atoms with Crippen LogP contribution < -0.4 is 0 Å². The van der Waals surface area contributed by atoms with E-state index in [1.54, 1.807) is 0 Å². The van der Waals surface area contributed by atoms with Gasteiger partial charge in [0, 0.05) is 0 Å². The average Bonchev–Trinajstić information content (AvgIpc) is 2.09. The van der Waals surface area contributed by atoms with E-state index in [0.29, 0.717) is 6.10 Å². The van der Waals surface area contributed by atoms with E-state index in [9.17, 15) is 0 Å². The van der Waals surface area contributed by atoms with Crippen molar-refractivity contribution in [1.82, 2.24) is 0 Å². The second-order valence-corrected chi connectivity index (χ2v) is 4.29. The third-order valence-corrected chi connectivity index (χ3v) is 2.30. The summed E-state index contributed by atoms with van der Waals surface area (Å²) in [6.07, 6.45) is 10.9. The van der Waals surface area contributed by atoms with Gasteiger partial charge in [-0.25, -0.2) is 0 Å². The van der Waals surface area contributed by atoms with Crippen LogP contribution in [0.4, 0.5) is 0 Å². The maximum absolute atomic E-state index is 5.29. The van der Waals surface area contributed by atoms with Gasteiger partial charge in [0.25, 0.3) is 0 Å². The Morgan fingerprint density at radius 2 is 1.85 bits per heavy atom. The van der Waals surface area contributed by atoms with E-state index in [2.05, 4.69) is 26.5 Å². The van der Waals surface area contributed by atoms with Gasteiger partial charge >= 0.3 is 94.3 Å². The molecule has 0 unspecified atom stereocenters. The fourth-order valence-electron chi connectivity index (χ4n) is 1.02. The first kappa shape index (κ1) is 13.3. The molecule has 0 aromatic rings. The first-order valence-corrected chi connectivity index (χ1v) is 6.33. The van der Waals surface area contributed by atoms with Crippen LogP contribution in [0.3, 0.4) is 0 Å². The fraction of sp³-hybridized carbons (Fsp3) is 0.818. The molecule has 0 atom stereocenters. The van der Waals surface area contributed by atoms with Crippen LogP contribution in [0.5, 0.6) is 0 Å². The molecule has 1 nitrogen and oxygen atoms in total. The van der Waals surface area contributed by atoms with Crippen molar-refractivity contribution in [2.24, 2.45) is 0 Å². The van der Waals surface area contributed by atoms with Gasteiger partial charge < -0.3 is 0 Å². The van der Waals surface area contributed by atoms with Gasteiger partial charge in [-0.15, -0.1) is 0 Å². The maximum atomic E-state index is 5.29. The molecule has 75 valence electrons. The quantitative estimate of drug-likeness (QED) is 0.341. The van der Waals surface area contributed by atoms with Crippen LogP contribution in [0.25, 0.3) is 0 Å². The molecule has 0 spiro atoms. The average molecular weight is 217 g/mol. The zero-order valence-electron chi connectivity index (χ0n) is 8.88. The van der Waals surface area contributed by atoms with Gasteiger partial charge in [0.1, 0.15) is 0 Å². The van der Waals surface area contributed by atoms with Gasteiger partial charge in [0.05, 0.1) is 0 Å². The molecular weight excluding hydrogens is 196 g/mol. The molecule has 0 radical (unpaired) electrons. The monoisotopic (exact) mass is 217 g/mol. The first-order valence-electron chi connectivity index (χ1n) is 5.22. The number of hydrogen-bond donors (Lipinski definition) is 0. The molecule has 13 heavy (non-hydrogen) atoms. The summed E-state index contributed by atoms with van der Waals surface area (Å²) in [6.45, 7) is 4.09. The predicted molar refractivity (Wildman–Crippen MR) is 53.3 cm³/mol. The number of allylic oxidation sites excluding steroid dienone is 1. The predicted octanol–water partition coefficient (Wildman–Crippen LogP) is 3.84. The third kappa shape index (κ3) is 12.3. The van der Waals surface area contributed by atoms with Gasteiger partial charge in [-0.2, -0.15) is 0 Å². The van der Waals surface area contributed by atoms with Gasteiger partial charge in [0.15, 0.2) is 0 Å². The molecule has 0 aliphatic heterocycles. The van der Waals surface area contributed by atoms with Crippen LogP contribution in [0.1, 0.15) is 46.0 Å². The van der Waals surface area contributed by atoms with Crippen LogP contribution in [-0.2, 0) is 25.2 Å². The van der Waals surface area contributed by atoms with Crippen molar-refractivity contribution in [2.75, 3.05) is 0 Å². The van der Waals surface area contributed by atoms with Crippen molar-refractivity contribution in [1.29, 1.82) is 0 Å². The molecule has 0 saturated carbocycles. The Morgan fingerprint density at radius 1 is 1.15 bits per heavy atom. The number of ether oxygens (including phenoxy) is 1. The number of rotatable bonds is 8. The van der Waals surface area contributed by atoms with Gasteiger partial charge in [-0.05, 0) is 0 Å². The van der Waals surface area contributed by atoms with Crippen molar-refractivity contribution in [3.63, 3.8) is 0 Å². The Hall–Kier alpha value is 0.254. The van der Waals surface area contributed by atoms with E-state index in [4.69, 9.17) is 4.74 Å². The van der Waals surface area contributed by atoms with E-state index in [1.807, 2.05) is 20.1 Å². The molecule has 0 N–H and O–H groups in total. The molecule has 2 heteroatoms. The summed E-state index contributed by atoms with van der Waals surface area (Å²) in [5, 5.41) is 0. The van der Waals surface area contributed by atoms with Crippen molar-refractivity contribution < 1.29 is 25.2 Å². The van der Waals surface area contributed by atoms with Gasteiger partial charge in [-0.3, -0.25) is 0 Å². The molecule has 0 amide bonds. The minimum atomic E-state index is 0.316. The summed E-state index contributed by atoms with van der Waals surface area (Å²) < 4.78 is 6.61. The molecule has 0 heterocycles. The van der Waals surface area contributed by atoms with Crippen molar-refractivity contribution >= 4 is 0 Å². The molecule has 0 fully saturated rings. The first-order chi connectivity index (χ1) is 6.27. The van der Waals surface area contributed by atoms with Gasteiger partial charge in [-0.1, -0.05) is 0 Å². The fourth-order valence-corrected chi connectivity index (χ4v) is 1.41. The second-order valence-electron chi connectivity index (χ2n) is 3.51. The van der Waals surface area contributed by atoms with Gasteiger partial charge in [0.2, 0.25) is 0 Å². The van der Waals surface area contributed by atoms with Crippen LogP contribution in [0.15, 0.2) is 12.3 Å². The van der Waals surface area contributed by atoms with E-state index < -0.39 is 0 Å². The second kappa shape index (κ2) is 10.3. The molecule has 0 bridgehead atoms. The Morgan fingerprint density at radius 3 is 2.46 bits per heavy atom.